The highest BCUT2D eigenvalue weighted by molar-refractivity contribution is 7.98. The molecule has 80 valence electrons. The Hall–Kier alpha value is -0.770. The van der Waals surface area contributed by atoms with Gasteiger partial charge in [-0.2, -0.15) is 16.9 Å². The molecule has 1 aromatic rings. The molecule has 0 atom stereocenters. The van der Waals surface area contributed by atoms with Gasteiger partial charge < -0.3 is 0 Å². The molecule has 2 heterocycles. The molecule has 3 nitrogen and oxygen atoms in total. The minimum atomic E-state index is 0.575. The van der Waals surface area contributed by atoms with Crippen molar-refractivity contribution in [2.75, 3.05) is 5.75 Å². The summed E-state index contributed by atoms with van der Waals surface area (Å²) in [5.74, 6) is 2.16. The Morgan fingerprint density at radius 1 is 1.47 bits per heavy atom. The average Bonchev–Trinajstić information content (AvgIpc) is 2.55. The van der Waals surface area contributed by atoms with Crippen molar-refractivity contribution in [1.82, 2.24) is 9.78 Å². The van der Waals surface area contributed by atoms with Gasteiger partial charge in [-0.1, -0.05) is 0 Å². The lowest BCUT2D eigenvalue weighted by Crippen LogP contribution is -2.21. The van der Waals surface area contributed by atoms with Crippen LogP contribution in [-0.4, -0.2) is 21.8 Å². The Morgan fingerprint density at radius 3 is 3.00 bits per heavy atom. The van der Waals surface area contributed by atoms with E-state index in [2.05, 4.69) is 9.78 Å². The lowest BCUT2D eigenvalue weighted by Gasteiger charge is -2.28. The van der Waals surface area contributed by atoms with Crippen LogP contribution in [0.3, 0.4) is 0 Å². The third-order valence-electron chi connectivity index (χ3n) is 3.42. The van der Waals surface area contributed by atoms with E-state index in [-0.39, 0.29) is 0 Å². The second-order valence-corrected chi connectivity index (χ2v) is 5.37. The van der Waals surface area contributed by atoms with Crippen LogP contribution in [0.2, 0.25) is 0 Å². The molecule has 2 aliphatic rings. The topological polar surface area (TPSA) is 34.9 Å². The van der Waals surface area contributed by atoms with Crippen molar-refractivity contribution in [3.05, 3.63) is 17.0 Å². The van der Waals surface area contributed by atoms with E-state index in [1.54, 1.807) is 0 Å². The maximum atomic E-state index is 10.9. The highest BCUT2D eigenvalue weighted by Crippen LogP contribution is 2.36. The molecule has 1 aliphatic heterocycles. The number of fused-ring (bicyclic) bond motifs is 1. The van der Waals surface area contributed by atoms with Gasteiger partial charge in [-0.25, -0.2) is 0 Å². The van der Waals surface area contributed by atoms with Crippen LogP contribution in [0.1, 0.15) is 47.1 Å². The maximum Gasteiger partial charge on any atom is 0.170 e. The molecule has 0 unspecified atom stereocenters. The molecular weight excluding hydrogens is 208 g/mol. The van der Waals surface area contributed by atoms with E-state index < -0.39 is 0 Å². The van der Waals surface area contributed by atoms with Crippen molar-refractivity contribution in [3.63, 3.8) is 0 Å². The summed E-state index contributed by atoms with van der Waals surface area (Å²) in [7, 11) is 0. The van der Waals surface area contributed by atoms with Gasteiger partial charge in [0.25, 0.3) is 0 Å². The van der Waals surface area contributed by atoms with Crippen LogP contribution in [-0.2, 0) is 12.2 Å². The van der Waals surface area contributed by atoms with E-state index in [0.29, 0.717) is 11.7 Å². The van der Waals surface area contributed by atoms with E-state index in [1.165, 1.54) is 30.5 Å². The Labute approximate surface area is 93.2 Å². The molecule has 1 fully saturated rings. The minimum Gasteiger partial charge on any atom is -0.296 e. The van der Waals surface area contributed by atoms with E-state index in [0.717, 1.165) is 24.2 Å². The molecule has 1 aliphatic carbocycles. The predicted octanol–water partition coefficient (Wildman–Crippen LogP) is 2.21. The fraction of sp³-hybridized carbons (Fsp3) is 0.636. The average molecular weight is 222 g/mol. The van der Waals surface area contributed by atoms with Crippen molar-refractivity contribution in [1.29, 1.82) is 0 Å². The first kappa shape index (κ1) is 9.46. The van der Waals surface area contributed by atoms with E-state index in [4.69, 9.17) is 0 Å². The van der Waals surface area contributed by atoms with Crippen LogP contribution in [0.4, 0.5) is 0 Å². The van der Waals surface area contributed by atoms with Crippen LogP contribution in [0.25, 0.3) is 0 Å². The summed E-state index contributed by atoms with van der Waals surface area (Å²) < 4.78 is 2.13. The van der Waals surface area contributed by atoms with Crippen LogP contribution < -0.4 is 0 Å². The normalized spacial score (nSPS) is 20.8. The van der Waals surface area contributed by atoms with Crippen molar-refractivity contribution in [2.45, 2.75) is 37.5 Å². The Bertz CT molecular complexity index is 396. The van der Waals surface area contributed by atoms with Gasteiger partial charge in [-0.3, -0.25) is 9.48 Å². The van der Waals surface area contributed by atoms with Crippen molar-refractivity contribution < 1.29 is 4.79 Å². The Morgan fingerprint density at radius 2 is 2.33 bits per heavy atom. The first-order chi connectivity index (χ1) is 7.40. The SMILES string of the molecule is O=Cc1nn(C2CCC2)c2c1CCSC2. The van der Waals surface area contributed by atoms with Gasteiger partial charge in [0.15, 0.2) is 6.29 Å². The minimum absolute atomic E-state index is 0.575. The van der Waals surface area contributed by atoms with Crippen molar-refractivity contribution in [2.24, 2.45) is 0 Å². The number of aromatic nitrogens is 2. The number of nitrogens with zero attached hydrogens (tertiary/aromatic N) is 2. The summed E-state index contributed by atoms with van der Waals surface area (Å²) in [6.07, 6.45) is 5.71. The molecule has 4 heteroatoms. The van der Waals surface area contributed by atoms with Crippen LogP contribution >= 0.6 is 11.8 Å². The summed E-state index contributed by atoms with van der Waals surface area (Å²) in [6.45, 7) is 0. The molecule has 3 rings (SSSR count). The molecule has 0 saturated heterocycles. The molecule has 1 saturated carbocycles. The van der Waals surface area contributed by atoms with Gasteiger partial charge in [0.05, 0.1) is 11.7 Å². The van der Waals surface area contributed by atoms with E-state index >= 15 is 0 Å². The zero-order chi connectivity index (χ0) is 10.3. The quantitative estimate of drug-likeness (QED) is 0.720. The summed E-state index contributed by atoms with van der Waals surface area (Å²) in [6, 6.07) is 0.575. The standard InChI is InChI=1S/C11H14N2OS/c14-6-10-9-4-5-15-7-11(9)13(12-10)8-2-1-3-8/h6,8H,1-5,7H2. The summed E-state index contributed by atoms with van der Waals surface area (Å²) in [4.78, 5) is 10.9. The number of thioether (sulfide) groups is 1. The van der Waals surface area contributed by atoms with Crippen LogP contribution in [0.5, 0.6) is 0 Å². The smallest absolute Gasteiger partial charge is 0.170 e. The molecule has 0 amide bonds. The van der Waals surface area contributed by atoms with E-state index in [9.17, 15) is 4.79 Å². The first-order valence-electron chi connectivity index (χ1n) is 5.53. The van der Waals surface area contributed by atoms with Gasteiger partial charge in [0.2, 0.25) is 0 Å². The molecule has 1 aromatic heterocycles. The monoisotopic (exact) mass is 222 g/mol. The Balaban J connectivity index is 2.05. The molecule has 0 radical (unpaired) electrons. The van der Waals surface area contributed by atoms with Gasteiger partial charge in [-0.15, -0.1) is 0 Å². The molecule has 0 spiro atoms. The molecule has 15 heavy (non-hydrogen) atoms. The fourth-order valence-electron chi connectivity index (χ4n) is 2.32. The van der Waals surface area contributed by atoms with Crippen molar-refractivity contribution >= 4 is 18.0 Å². The Kier molecular flexibility index (Phi) is 2.31. The second kappa shape index (κ2) is 3.67. The zero-order valence-corrected chi connectivity index (χ0v) is 9.42. The predicted molar refractivity (Wildman–Crippen MR) is 60.4 cm³/mol. The summed E-state index contributed by atoms with van der Waals surface area (Å²) in [5, 5.41) is 4.47. The van der Waals surface area contributed by atoms with Crippen LogP contribution in [0, 0.1) is 0 Å². The molecule has 0 aromatic carbocycles. The number of rotatable bonds is 2. The van der Waals surface area contributed by atoms with E-state index in [1.807, 2.05) is 11.8 Å². The zero-order valence-electron chi connectivity index (χ0n) is 8.61. The molecule has 0 bridgehead atoms. The van der Waals surface area contributed by atoms with Gasteiger partial charge in [0, 0.05) is 11.3 Å². The first-order valence-corrected chi connectivity index (χ1v) is 6.69. The third-order valence-corrected chi connectivity index (χ3v) is 4.39. The van der Waals surface area contributed by atoms with Crippen molar-refractivity contribution in [3.8, 4) is 0 Å². The molecular formula is C11H14N2OS. The lowest BCUT2D eigenvalue weighted by atomic mass is 9.93. The molecule has 0 N–H and O–H groups in total. The number of hydrogen-bond acceptors (Lipinski definition) is 3. The highest BCUT2D eigenvalue weighted by Gasteiger charge is 2.27. The fourth-order valence-corrected chi connectivity index (χ4v) is 3.31. The lowest BCUT2D eigenvalue weighted by molar-refractivity contribution is 0.111. The van der Waals surface area contributed by atoms with Crippen LogP contribution in [0.15, 0.2) is 0 Å². The van der Waals surface area contributed by atoms with Gasteiger partial charge in [0.1, 0.15) is 5.69 Å². The van der Waals surface area contributed by atoms with Gasteiger partial charge >= 0.3 is 0 Å². The summed E-state index contributed by atoms with van der Waals surface area (Å²) >= 11 is 1.95. The maximum absolute atomic E-state index is 10.9. The number of carbonyl (C=O) groups is 1. The number of aldehydes is 1. The highest BCUT2D eigenvalue weighted by atomic mass is 32.2. The third kappa shape index (κ3) is 1.42. The number of carbonyl (C=O) groups excluding carboxylic acids is 1. The number of hydrogen-bond donors (Lipinski definition) is 0. The second-order valence-electron chi connectivity index (χ2n) is 4.26. The van der Waals surface area contributed by atoms with Gasteiger partial charge in [-0.05, 0) is 31.4 Å². The summed E-state index contributed by atoms with van der Waals surface area (Å²) in [5.41, 5.74) is 3.23. The largest absolute Gasteiger partial charge is 0.296 e.